The van der Waals surface area contributed by atoms with E-state index in [9.17, 15) is 4.79 Å². The van der Waals surface area contributed by atoms with Crippen molar-refractivity contribution in [1.82, 2.24) is 10.2 Å². The van der Waals surface area contributed by atoms with Crippen molar-refractivity contribution in [2.24, 2.45) is 0 Å². The summed E-state index contributed by atoms with van der Waals surface area (Å²) < 4.78 is 5.48. The number of ether oxygens (including phenoxy) is 1. The van der Waals surface area contributed by atoms with Gasteiger partial charge in [-0.25, -0.2) is 4.79 Å². The fraction of sp³-hybridized carbons (Fsp3) is 0.933. The van der Waals surface area contributed by atoms with Gasteiger partial charge in [-0.2, -0.15) is 11.8 Å². The molecule has 1 heterocycles. The minimum absolute atomic E-state index is 0.169. The zero-order valence-electron chi connectivity index (χ0n) is 13.6. The van der Waals surface area contributed by atoms with Gasteiger partial charge in [-0.1, -0.05) is 6.92 Å². The van der Waals surface area contributed by atoms with Crippen LogP contribution in [0.15, 0.2) is 0 Å². The van der Waals surface area contributed by atoms with Gasteiger partial charge in [-0.15, -0.1) is 0 Å². The van der Waals surface area contributed by atoms with Crippen LogP contribution in [0.5, 0.6) is 0 Å². The van der Waals surface area contributed by atoms with Crippen LogP contribution in [0.1, 0.15) is 47.5 Å². The average molecular weight is 302 g/mol. The first kappa shape index (κ1) is 17.6. The Morgan fingerprint density at radius 3 is 2.80 bits per heavy atom. The monoisotopic (exact) mass is 302 g/mol. The highest BCUT2D eigenvalue weighted by atomic mass is 32.2. The molecule has 20 heavy (non-hydrogen) atoms. The molecule has 1 fully saturated rings. The maximum Gasteiger partial charge on any atom is 0.410 e. The van der Waals surface area contributed by atoms with Gasteiger partial charge in [0.15, 0.2) is 0 Å². The van der Waals surface area contributed by atoms with Crippen LogP contribution in [0, 0.1) is 0 Å². The standard InChI is InChI=1S/C15H30N2O2S/c1-6-20-11-12(2)16-10-13-8-7-9-17(13)14(18)19-15(3,4)5/h12-13,16H,6-11H2,1-5H3. The Balaban J connectivity index is 2.39. The predicted molar refractivity (Wildman–Crippen MR) is 86.4 cm³/mol. The van der Waals surface area contributed by atoms with Crippen molar-refractivity contribution in [3.05, 3.63) is 0 Å². The molecule has 1 N–H and O–H groups in total. The van der Waals surface area contributed by atoms with Gasteiger partial charge in [-0.3, -0.25) is 0 Å². The number of hydrogen-bond acceptors (Lipinski definition) is 4. The molecule has 0 aromatic carbocycles. The second-order valence-electron chi connectivity index (χ2n) is 6.44. The summed E-state index contributed by atoms with van der Waals surface area (Å²) in [4.78, 5) is 14.0. The number of thioether (sulfide) groups is 1. The van der Waals surface area contributed by atoms with Gasteiger partial charge in [0.2, 0.25) is 0 Å². The Morgan fingerprint density at radius 2 is 2.20 bits per heavy atom. The van der Waals surface area contributed by atoms with Gasteiger partial charge in [0.25, 0.3) is 0 Å². The van der Waals surface area contributed by atoms with Gasteiger partial charge in [-0.05, 0) is 46.3 Å². The number of likely N-dealkylation sites (tertiary alicyclic amines) is 1. The molecule has 0 radical (unpaired) electrons. The molecule has 2 atom stereocenters. The molecule has 0 bridgehead atoms. The van der Waals surface area contributed by atoms with Crippen molar-refractivity contribution in [2.75, 3.05) is 24.6 Å². The minimum atomic E-state index is -0.414. The van der Waals surface area contributed by atoms with Gasteiger partial charge in [0.1, 0.15) is 5.60 Å². The maximum absolute atomic E-state index is 12.2. The summed E-state index contributed by atoms with van der Waals surface area (Å²) >= 11 is 1.95. The normalized spacial score (nSPS) is 21.1. The zero-order chi connectivity index (χ0) is 15.2. The Bertz CT molecular complexity index is 305. The summed E-state index contributed by atoms with van der Waals surface area (Å²) in [6.45, 7) is 11.8. The highest BCUT2D eigenvalue weighted by molar-refractivity contribution is 7.99. The number of hydrogen-bond donors (Lipinski definition) is 1. The van der Waals surface area contributed by atoms with E-state index in [4.69, 9.17) is 4.74 Å². The molecule has 0 aliphatic carbocycles. The first-order valence-electron chi connectivity index (χ1n) is 7.64. The van der Waals surface area contributed by atoms with Crippen molar-refractivity contribution in [1.29, 1.82) is 0 Å². The number of rotatable bonds is 6. The summed E-state index contributed by atoms with van der Waals surface area (Å²) in [7, 11) is 0. The molecule has 0 aromatic heterocycles. The van der Waals surface area contributed by atoms with Crippen LogP contribution in [0.2, 0.25) is 0 Å². The van der Waals surface area contributed by atoms with Crippen LogP contribution in [0.25, 0.3) is 0 Å². The van der Waals surface area contributed by atoms with Gasteiger partial charge in [0.05, 0.1) is 0 Å². The molecule has 5 heteroatoms. The van der Waals surface area contributed by atoms with Crippen LogP contribution < -0.4 is 5.32 Å². The molecule has 2 unspecified atom stereocenters. The lowest BCUT2D eigenvalue weighted by atomic mass is 10.2. The molecule has 118 valence electrons. The first-order chi connectivity index (χ1) is 9.33. The van der Waals surface area contributed by atoms with E-state index in [1.54, 1.807) is 0 Å². The van der Waals surface area contributed by atoms with Crippen LogP contribution in [-0.4, -0.2) is 53.3 Å². The van der Waals surface area contributed by atoms with E-state index in [1.807, 2.05) is 37.4 Å². The lowest BCUT2D eigenvalue weighted by molar-refractivity contribution is 0.0225. The summed E-state index contributed by atoms with van der Waals surface area (Å²) in [5.41, 5.74) is -0.414. The molecule has 1 rings (SSSR count). The van der Waals surface area contributed by atoms with Crippen LogP contribution in [0.3, 0.4) is 0 Å². The third kappa shape index (κ3) is 6.35. The molecule has 1 saturated heterocycles. The molecule has 4 nitrogen and oxygen atoms in total. The molecule has 0 aromatic rings. The largest absolute Gasteiger partial charge is 0.444 e. The fourth-order valence-electron chi connectivity index (χ4n) is 2.30. The van der Waals surface area contributed by atoms with E-state index < -0.39 is 5.60 Å². The van der Waals surface area contributed by atoms with Gasteiger partial charge in [0, 0.05) is 30.9 Å². The smallest absolute Gasteiger partial charge is 0.410 e. The van der Waals surface area contributed by atoms with E-state index in [1.165, 1.54) is 0 Å². The molecule has 1 amide bonds. The predicted octanol–water partition coefficient (Wildman–Crippen LogP) is 3.12. The SMILES string of the molecule is CCSCC(C)NCC1CCCN1C(=O)OC(C)(C)C. The Morgan fingerprint density at radius 1 is 1.50 bits per heavy atom. The van der Waals surface area contributed by atoms with E-state index >= 15 is 0 Å². The number of nitrogens with one attached hydrogen (secondary N) is 1. The average Bonchev–Trinajstić information content (AvgIpc) is 2.80. The highest BCUT2D eigenvalue weighted by Crippen LogP contribution is 2.20. The number of amides is 1. The zero-order valence-corrected chi connectivity index (χ0v) is 14.4. The summed E-state index contributed by atoms with van der Waals surface area (Å²) in [6.07, 6.45) is 1.97. The highest BCUT2D eigenvalue weighted by Gasteiger charge is 2.31. The summed E-state index contributed by atoms with van der Waals surface area (Å²) in [6, 6.07) is 0.764. The van der Waals surface area contributed by atoms with Crippen LogP contribution in [-0.2, 0) is 4.74 Å². The van der Waals surface area contributed by atoms with E-state index in [0.717, 1.165) is 37.4 Å². The second kappa shape index (κ2) is 8.13. The Labute approximate surface area is 128 Å². The van der Waals surface area contributed by atoms with Crippen LogP contribution >= 0.6 is 11.8 Å². The molecule has 0 spiro atoms. The lowest BCUT2D eigenvalue weighted by Gasteiger charge is -2.29. The lowest BCUT2D eigenvalue weighted by Crippen LogP contribution is -2.46. The van der Waals surface area contributed by atoms with Gasteiger partial charge < -0.3 is 15.0 Å². The topological polar surface area (TPSA) is 41.6 Å². The second-order valence-corrected chi connectivity index (χ2v) is 7.76. The summed E-state index contributed by atoms with van der Waals surface area (Å²) in [5, 5.41) is 3.54. The Kier molecular flexibility index (Phi) is 7.17. The first-order valence-corrected chi connectivity index (χ1v) is 8.79. The third-order valence-electron chi connectivity index (χ3n) is 3.28. The van der Waals surface area contributed by atoms with E-state index in [2.05, 4.69) is 19.2 Å². The number of carbonyl (C=O) groups excluding carboxylic acids is 1. The van der Waals surface area contributed by atoms with Crippen molar-refractivity contribution < 1.29 is 9.53 Å². The summed E-state index contributed by atoms with van der Waals surface area (Å²) in [5.74, 6) is 2.27. The molecular weight excluding hydrogens is 272 g/mol. The number of nitrogens with zero attached hydrogens (tertiary/aromatic N) is 1. The molecular formula is C15H30N2O2S. The van der Waals surface area contributed by atoms with Crippen molar-refractivity contribution >= 4 is 17.9 Å². The van der Waals surface area contributed by atoms with Crippen LogP contribution in [0.4, 0.5) is 4.79 Å². The van der Waals surface area contributed by atoms with Crippen molar-refractivity contribution in [3.63, 3.8) is 0 Å². The Hall–Kier alpha value is -0.420. The van der Waals surface area contributed by atoms with Crippen molar-refractivity contribution in [3.8, 4) is 0 Å². The van der Waals surface area contributed by atoms with E-state index in [0.29, 0.717) is 6.04 Å². The van der Waals surface area contributed by atoms with Gasteiger partial charge >= 0.3 is 6.09 Å². The fourth-order valence-corrected chi connectivity index (χ4v) is 3.01. The quantitative estimate of drug-likeness (QED) is 0.818. The number of carbonyl (C=O) groups is 1. The molecule has 0 saturated carbocycles. The molecule has 1 aliphatic rings. The van der Waals surface area contributed by atoms with E-state index in [-0.39, 0.29) is 12.1 Å². The maximum atomic E-state index is 12.2. The molecule has 1 aliphatic heterocycles. The third-order valence-corrected chi connectivity index (χ3v) is 4.42. The van der Waals surface area contributed by atoms with Crippen molar-refractivity contribution in [2.45, 2.75) is 65.1 Å². The minimum Gasteiger partial charge on any atom is -0.444 e.